The van der Waals surface area contributed by atoms with Crippen molar-refractivity contribution < 1.29 is 0 Å². The normalized spacial score (nSPS) is 9.29. The van der Waals surface area contributed by atoms with E-state index in [9.17, 15) is 0 Å². The van der Waals surface area contributed by atoms with E-state index >= 15 is 0 Å². The standard InChI is InChI=1S/C20H27N/c1-4-5-6-7-8-9-10-11-12-13-16-19-17-14-15-18-20(19)21(2)3/h14-15,17-18H,4-10H2,1-3H3. The molecule has 0 saturated heterocycles. The van der Waals surface area contributed by atoms with Gasteiger partial charge >= 0.3 is 0 Å². The zero-order valence-electron chi connectivity index (χ0n) is 13.7. The first kappa shape index (κ1) is 17.2. The van der Waals surface area contributed by atoms with Crippen LogP contribution >= 0.6 is 0 Å². The molecule has 0 atom stereocenters. The Morgan fingerprint density at radius 1 is 0.905 bits per heavy atom. The van der Waals surface area contributed by atoms with Gasteiger partial charge in [0.15, 0.2) is 0 Å². The highest BCUT2D eigenvalue weighted by Crippen LogP contribution is 2.16. The van der Waals surface area contributed by atoms with Crippen LogP contribution in [0.5, 0.6) is 0 Å². The molecule has 0 aliphatic rings. The number of rotatable bonds is 7. The first-order chi connectivity index (χ1) is 10.3. The number of benzene rings is 1. The van der Waals surface area contributed by atoms with Gasteiger partial charge in [-0.2, -0.15) is 0 Å². The van der Waals surface area contributed by atoms with Crippen LogP contribution in [-0.4, -0.2) is 14.1 Å². The first-order valence-corrected chi connectivity index (χ1v) is 8.01. The Morgan fingerprint density at radius 3 is 2.38 bits per heavy atom. The van der Waals surface area contributed by atoms with Crippen LogP contribution in [0.1, 0.15) is 57.4 Å². The van der Waals surface area contributed by atoms with Gasteiger partial charge in [-0.3, -0.25) is 0 Å². The average molecular weight is 281 g/mol. The molecular weight excluding hydrogens is 254 g/mol. The summed E-state index contributed by atoms with van der Waals surface area (Å²) >= 11 is 0. The van der Waals surface area contributed by atoms with Crippen LogP contribution in [0.25, 0.3) is 0 Å². The van der Waals surface area contributed by atoms with E-state index in [2.05, 4.69) is 41.6 Å². The lowest BCUT2D eigenvalue weighted by molar-refractivity contribution is 0.614. The lowest BCUT2D eigenvalue weighted by Crippen LogP contribution is -2.09. The molecule has 0 saturated carbocycles. The lowest BCUT2D eigenvalue weighted by Gasteiger charge is -2.13. The summed E-state index contributed by atoms with van der Waals surface area (Å²) in [5.74, 6) is 12.2. The van der Waals surface area contributed by atoms with Crippen LogP contribution in [0.15, 0.2) is 24.3 Å². The Labute approximate surface area is 130 Å². The minimum atomic E-state index is 0.968. The number of hydrogen-bond donors (Lipinski definition) is 0. The molecule has 1 aromatic rings. The van der Waals surface area contributed by atoms with E-state index < -0.39 is 0 Å². The van der Waals surface area contributed by atoms with Crippen molar-refractivity contribution in [3.8, 4) is 23.7 Å². The third-order valence-electron chi connectivity index (χ3n) is 3.39. The first-order valence-electron chi connectivity index (χ1n) is 8.01. The van der Waals surface area contributed by atoms with Crippen LogP contribution in [0.4, 0.5) is 5.69 Å². The minimum absolute atomic E-state index is 0.968. The van der Waals surface area contributed by atoms with Crippen molar-refractivity contribution in [1.82, 2.24) is 0 Å². The van der Waals surface area contributed by atoms with Crippen LogP contribution in [0.2, 0.25) is 0 Å². The maximum absolute atomic E-state index is 3.16. The van der Waals surface area contributed by atoms with Crippen molar-refractivity contribution in [3.63, 3.8) is 0 Å². The van der Waals surface area contributed by atoms with Crippen molar-refractivity contribution >= 4 is 5.69 Å². The smallest absolute Gasteiger partial charge is 0.0520 e. The van der Waals surface area contributed by atoms with Crippen molar-refractivity contribution in [2.45, 2.75) is 51.9 Å². The van der Waals surface area contributed by atoms with Crippen molar-refractivity contribution in [2.24, 2.45) is 0 Å². The molecule has 0 heterocycles. The molecule has 0 aromatic heterocycles. The Morgan fingerprint density at radius 2 is 1.62 bits per heavy atom. The molecule has 0 aliphatic carbocycles. The van der Waals surface area contributed by atoms with Gasteiger partial charge in [-0.1, -0.05) is 63.0 Å². The second kappa shape index (κ2) is 10.9. The van der Waals surface area contributed by atoms with Crippen LogP contribution in [-0.2, 0) is 0 Å². The van der Waals surface area contributed by atoms with Crippen LogP contribution < -0.4 is 4.90 Å². The second-order valence-corrected chi connectivity index (χ2v) is 5.48. The van der Waals surface area contributed by atoms with Gasteiger partial charge < -0.3 is 4.90 Å². The van der Waals surface area contributed by atoms with Gasteiger partial charge in [0.25, 0.3) is 0 Å². The van der Waals surface area contributed by atoms with Gasteiger partial charge in [-0.25, -0.2) is 0 Å². The summed E-state index contributed by atoms with van der Waals surface area (Å²) in [6.45, 7) is 2.25. The number of unbranched alkanes of at least 4 members (excludes halogenated alkanes) is 6. The van der Waals surface area contributed by atoms with Gasteiger partial charge in [-0.05, 0) is 30.4 Å². The second-order valence-electron chi connectivity index (χ2n) is 5.48. The predicted molar refractivity (Wildman–Crippen MR) is 93.4 cm³/mol. The molecule has 1 aromatic carbocycles. The molecule has 0 amide bonds. The number of hydrogen-bond acceptors (Lipinski definition) is 1. The highest BCUT2D eigenvalue weighted by Gasteiger charge is 1.99. The predicted octanol–water partition coefficient (Wildman–Crippen LogP) is 4.86. The molecule has 1 heteroatoms. The molecule has 0 N–H and O–H groups in total. The maximum atomic E-state index is 3.16. The third-order valence-corrected chi connectivity index (χ3v) is 3.39. The molecule has 0 aliphatic heterocycles. The van der Waals surface area contributed by atoms with E-state index in [4.69, 9.17) is 0 Å². The fourth-order valence-corrected chi connectivity index (χ4v) is 2.17. The maximum Gasteiger partial charge on any atom is 0.0520 e. The number of anilines is 1. The minimum Gasteiger partial charge on any atom is -0.377 e. The molecule has 0 bridgehead atoms. The van der Waals surface area contributed by atoms with Crippen LogP contribution in [0.3, 0.4) is 0 Å². The van der Waals surface area contributed by atoms with Gasteiger partial charge in [0.05, 0.1) is 5.69 Å². The van der Waals surface area contributed by atoms with Crippen LogP contribution in [0, 0.1) is 23.7 Å². The molecule has 0 spiro atoms. The summed E-state index contributed by atoms with van der Waals surface area (Å²) in [7, 11) is 4.06. The summed E-state index contributed by atoms with van der Waals surface area (Å²) in [5.41, 5.74) is 2.18. The number of para-hydroxylation sites is 1. The Bertz CT molecular complexity index is 520. The largest absolute Gasteiger partial charge is 0.377 e. The summed E-state index contributed by atoms with van der Waals surface area (Å²) in [6.07, 6.45) is 8.85. The fourth-order valence-electron chi connectivity index (χ4n) is 2.17. The molecule has 0 radical (unpaired) electrons. The van der Waals surface area contributed by atoms with E-state index in [-0.39, 0.29) is 0 Å². The molecule has 0 fully saturated rings. The van der Waals surface area contributed by atoms with Crippen molar-refractivity contribution in [1.29, 1.82) is 0 Å². The topological polar surface area (TPSA) is 3.24 Å². The highest BCUT2D eigenvalue weighted by molar-refractivity contribution is 5.60. The quantitative estimate of drug-likeness (QED) is 0.509. The Hall–Kier alpha value is -1.86. The molecule has 21 heavy (non-hydrogen) atoms. The van der Waals surface area contributed by atoms with Gasteiger partial charge in [-0.15, -0.1) is 0 Å². The summed E-state index contributed by atoms with van der Waals surface area (Å²) in [4.78, 5) is 2.08. The Kier molecular flexibility index (Phi) is 8.90. The summed E-state index contributed by atoms with van der Waals surface area (Å²) in [5, 5.41) is 0. The van der Waals surface area contributed by atoms with Crippen molar-refractivity contribution in [3.05, 3.63) is 29.8 Å². The zero-order valence-corrected chi connectivity index (χ0v) is 13.7. The van der Waals surface area contributed by atoms with Gasteiger partial charge in [0.1, 0.15) is 0 Å². The summed E-state index contributed by atoms with van der Waals surface area (Å²) < 4.78 is 0. The molecule has 112 valence electrons. The molecular formula is C20H27N. The van der Waals surface area contributed by atoms with E-state index in [1.807, 2.05) is 32.3 Å². The van der Waals surface area contributed by atoms with E-state index in [1.165, 1.54) is 38.5 Å². The third kappa shape index (κ3) is 7.48. The zero-order chi connectivity index (χ0) is 15.3. The molecule has 1 rings (SSSR count). The number of nitrogens with zero attached hydrogens (tertiary/aromatic N) is 1. The highest BCUT2D eigenvalue weighted by atomic mass is 15.1. The van der Waals surface area contributed by atoms with E-state index in [0.29, 0.717) is 0 Å². The molecule has 1 nitrogen and oxygen atoms in total. The SMILES string of the molecule is CCCCCCCCC#CC#Cc1ccccc1N(C)C. The lowest BCUT2D eigenvalue weighted by atomic mass is 10.1. The summed E-state index contributed by atoms with van der Waals surface area (Å²) in [6, 6.07) is 8.16. The van der Waals surface area contributed by atoms with E-state index in [1.54, 1.807) is 0 Å². The van der Waals surface area contributed by atoms with Gasteiger partial charge in [0.2, 0.25) is 0 Å². The average Bonchev–Trinajstić information content (AvgIpc) is 2.49. The van der Waals surface area contributed by atoms with Gasteiger partial charge in [0, 0.05) is 26.1 Å². The monoisotopic (exact) mass is 281 g/mol. The molecule has 0 unspecified atom stereocenters. The Balaban J connectivity index is 2.35. The fraction of sp³-hybridized carbons (Fsp3) is 0.500. The van der Waals surface area contributed by atoms with E-state index in [0.717, 1.165) is 17.7 Å². The van der Waals surface area contributed by atoms with Crippen molar-refractivity contribution in [2.75, 3.05) is 19.0 Å².